The van der Waals surface area contributed by atoms with E-state index in [0.29, 0.717) is 16.6 Å². The molecule has 0 radical (unpaired) electrons. The predicted molar refractivity (Wildman–Crippen MR) is 112 cm³/mol. The Hall–Kier alpha value is -2.84. The van der Waals surface area contributed by atoms with Gasteiger partial charge in [0.1, 0.15) is 12.3 Å². The molecule has 0 fully saturated rings. The highest BCUT2D eigenvalue weighted by atomic mass is 32.2. The van der Waals surface area contributed by atoms with E-state index in [-0.39, 0.29) is 25.0 Å². The number of thioether (sulfide) groups is 1. The molecule has 2 heterocycles. The smallest absolute Gasteiger partial charge is 0.265 e. The van der Waals surface area contributed by atoms with E-state index >= 15 is 0 Å². The molecule has 0 spiro atoms. The number of amides is 2. The van der Waals surface area contributed by atoms with Crippen molar-refractivity contribution in [3.8, 4) is 17.0 Å². The van der Waals surface area contributed by atoms with Gasteiger partial charge < -0.3 is 10.1 Å². The molecule has 6 nitrogen and oxygen atoms in total. The first-order valence-corrected chi connectivity index (χ1v) is 10.7. The second kappa shape index (κ2) is 8.04. The molecular formula is C20H17N3O3S2. The zero-order chi connectivity index (χ0) is 19.5. The Bertz CT molecular complexity index is 1020. The third-order valence-electron chi connectivity index (χ3n) is 4.25. The Kier molecular flexibility index (Phi) is 5.31. The average molecular weight is 412 g/mol. The summed E-state index contributed by atoms with van der Waals surface area (Å²) in [5.74, 6) is 0.0476. The summed E-state index contributed by atoms with van der Waals surface area (Å²) in [6.45, 7) is -0.158. The molecule has 3 aromatic rings. The van der Waals surface area contributed by atoms with Crippen LogP contribution in [0, 0.1) is 0 Å². The number of carbonyl (C=O) groups excluding carboxylic acids is 2. The lowest BCUT2D eigenvalue weighted by molar-refractivity contribution is -0.123. The lowest BCUT2D eigenvalue weighted by Crippen LogP contribution is -2.43. The summed E-state index contributed by atoms with van der Waals surface area (Å²) in [5.41, 5.74) is 2.40. The maximum absolute atomic E-state index is 12.5. The lowest BCUT2D eigenvalue weighted by atomic mass is 10.2. The molecule has 28 heavy (non-hydrogen) atoms. The second-order valence-electron chi connectivity index (χ2n) is 6.05. The largest absolute Gasteiger partial charge is 0.482 e. The van der Waals surface area contributed by atoms with Crippen molar-refractivity contribution < 1.29 is 14.3 Å². The fourth-order valence-corrected chi connectivity index (χ4v) is 4.00. The van der Waals surface area contributed by atoms with Gasteiger partial charge in [-0.25, -0.2) is 4.98 Å². The average Bonchev–Trinajstić information content (AvgIpc) is 3.18. The van der Waals surface area contributed by atoms with Gasteiger partial charge in [-0.3, -0.25) is 14.5 Å². The maximum atomic E-state index is 12.5. The van der Waals surface area contributed by atoms with E-state index < -0.39 is 0 Å². The number of benzene rings is 2. The Labute approximate surface area is 170 Å². The van der Waals surface area contributed by atoms with Crippen molar-refractivity contribution in [3.63, 3.8) is 0 Å². The molecule has 0 atom stereocenters. The SMILES string of the molecule is CSc1ccc(-c2csc(NC(=O)CN3C(=O)COc4ccccc43)n2)cc1. The van der Waals surface area contributed by atoms with E-state index in [9.17, 15) is 9.59 Å². The zero-order valence-electron chi connectivity index (χ0n) is 15.0. The van der Waals surface area contributed by atoms with Crippen molar-refractivity contribution in [3.05, 3.63) is 53.9 Å². The van der Waals surface area contributed by atoms with Gasteiger partial charge in [-0.2, -0.15) is 0 Å². The first-order valence-electron chi connectivity index (χ1n) is 8.56. The van der Waals surface area contributed by atoms with E-state index in [0.717, 1.165) is 11.3 Å². The van der Waals surface area contributed by atoms with E-state index in [1.807, 2.05) is 42.0 Å². The zero-order valence-corrected chi connectivity index (χ0v) is 16.7. The summed E-state index contributed by atoms with van der Waals surface area (Å²) in [4.78, 5) is 31.8. The molecule has 1 aromatic heterocycles. The summed E-state index contributed by atoms with van der Waals surface area (Å²) in [6.07, 6.45) is 2.03. The van der Waals surface area contributed by atoms with Crippen LogP contribution in [0.15, 0.2) is 58.8 Å². The third kappa shape index (κ3) is 3.88. The number of anilines is 2. The number of fused-ring (bicyclic) bond motifs is 1. The van der Waals surface area contributed by atoms with E-state index in [1.54, 1.807) is 30.0 Å². The van der Waals surface area contributed by atoms with Crippen LogP contribution >= 0.6 is 23.1 Å². The van der Waals surface area contributed by atoms with Crippen molar-refractivity contribution in [2.75, 3.05) is 29.6 Å². The molecular weight excluding hydrogens is 394 g/mol. The van der Waals surface area contributed by atoms with Crippen LogP contribution in [0.2, 0.25) is 0 Å². The minimum absolute atomic E-state index is 0.0717. The Balaban J connectivity index is 1.44. The van der Waals surface area contributed by atoms with Crippen LogP contribution in [0.4, 0.5) is 10.8 Å². The number of thiazole rings is 1. The lowest BCUT2D eigenvalue weighted by Gasteiger charge is -2.28. The van der Waals surface area contributed by atoms with Gasteiger partial charge >= 0.3 is 0 Å². The Morgan fingerprint density at radius 2 is 2.04 bits per heavy atom. The molecule has 1 N–H and O–H groups in total. The number of aromatic nitrogens is 1. The highest BCUT2D eigenvalue weighted by Gasteiger charge is 2.27. The summed E-state index contributed by atoms with van der Waals surface area (Å²) in [5, 5.41) is 5.19. The molecule has 142 valence electrons. The summed E-state index contributed by atoms with van der Waals surface area (Å²) in [7, 11) is 0. The van der Waals surface area contributed by atoms with Crippen molar-refractivity contribution in [1.29, 1.82) is 0 Å². The number of nitrogens with zero attached hydrogens (tertiary/aromatic N) is 2. The maximum Gasteiger partial charge on any atom is 0.265 e. The topological polar surface area (TPSA) is 71.5 Å². The molecule has 0 aliphatic carbocycles. The highest BCUT2D eigenvalue weighted by Crippen LogP contribution is 2.31. The van der Waals surface area contributed by atoms with Crippen LogP contribution < -0.4 is 15.0 Å². The first-order chi connectivity index (χ1) is 13.6. The molecule has 0 unspecified atom stereocenters. The number of carbonyl (C=O) groups is 2. The van der Waals surface area contributed by atoms with Crippen LogP contribution in [0.5, 0.6) is 5.75 Å². The fraction of sp³-hybridized carbons (Fsp3) is 0.150. The van der Waals surface area contributed by atoms with Crippen molar-refractivity contribution in [2.45, 2.75) is 4.90 Å². The molecule has 0 saturated carbocycles. The van der Waals surface area contributed by atoms with Gasteiger partial charge in [-0.15, -0.1) is 23.1 Å². The molecule has 4 rings (SSSR count). The number of para-hydroxylation sites is 2. The molecule has 1 aliphatic rings. The van der Waals surface area contributed by atoms with Gasteiger partial charge in [0.25, 0.3) is 5.91 Å². The minimum atomic E-state index is -0.302. The Morgan fingerprint density at radius 1 is 1.25 bits per heavy atom. The summed E-state index contributed by atoms with van der Waals surface area (Å²) in [6, 6.07) is 15.3. The number of ether oxygens (including phenoxy) is 1. The minimum Gasteiger partial charge on any atom is -0.482 e. The van der Waals surface area contributed by atoms with Gasteiger partial charge in [0.15, 0.2) is 11.7 Å². The van der Waals surface area contributed by atoms with Crippen LogP contribution in [0.25, 0.3) is 11.3 Å². The van der Waals surface area contributed by atoms with Crippen LogP contribution in [-0.2, 0) is 9.59 Å². The molecule has 8 heteroatoms. The normalized spacial score (nSPS) is 13.0. The molecule has 0 bridgehead atoms. The van der Waals surface area contributed by atoms with Crippen LogP contribution in [0.3, 0.4) is 0 Å². The summed E-state index contributed by atoms with van der Waals surface area (Å²) < 4.78 is 5.40. The van der Waals surface area contributed by atoms with Crippen molar-refractivity contribution in [2.24, 2.45) is 0 Å². The number of hydrogen-bond acceptors (Lipinski definition) is 6. The highest BCUT2D eigenvalue weighted by molar-refractivity contribution is 7.98. The van der Waals surface area contributed by atoms with Crippen LogP contribution in [-0.4, -0.2) is 36.2 Å². The summed E-state index contributed by atoms with van der Waals surface area (Å²) >= 11 is 3.04. The van der Waals surface area contributed by atoms with Gasteiger partial charge in [0.2, 0.25) is 5.91 Å². The quantitative estimate of drug-likeness (QED) is 0.645. The third-order valence-corrected chi connectivity index (χ3v) is 5.75. The number of rotatable bonds is 5. The van der Waals surface area contributed by atoms with Gasteiger partial charge in [-0.1, -0.05) is 24.3 Å². The van der Waals surface area contributed by atoms with Gasteiger partial charge in [-0.05, 0) is 30.5 Å². The van der Waals surface area contributed by atoms with E-state index in [1.165, 1.54) is 21.1 Å². The van der Waals surface area contributed by atoms with Crippen LogP contribution in [0.1, 0.15) is 0 Å². The Morgan fingerprint density at radius 3 is 2.82 bits per heavy atom. The van der Waals surface area contributed by atoms with Gasteiger partial charge in [0, 0.05) is 15.8 Å². The standard InChI is InChI=1S/C20H17N3O3S2/c1-27-14-8-6-13(7-9-14)15-12-28-20(21-15)22-18(24)10-23-16-4-2-3-5-17(16)26-11-19(23)25/h2-9,12H,10-11H2,1H3,(H,21,22,24). The fourth-order valence-electron chi connectivity index (χ4n) is 2.86. The molecule has 0 saturated heterocycles. The predicted octanol–water partition coefficient (Wildman–Crippen LogP) is 3.90. The number of hydrogen-bond donors (Lipinski definition) is 1. The first kappa shape index (κ1) is 18.5. The van der Waals surface area contributed by atoms with E-state index in [2.05, 4.69) is 10.3 Å². The monoisotopic (exact) mass is 411 g/mol. The second-order valence-corrected chi connectivity index (χ2v) is 7.79. The van der Waals surface area contributed by atoms with Crippen molar-refractivity contribution in [1.82, 2.24) is 4.98 Å². The molecule has 2 aromatic carbocycles. The molecule has 1 aliphatic heterocycles. The van der Waals surface area contributed by atoms with Crippen molar-refractivity contribution >= 4 is 45.7 Å². The van der Waals surface area contributed by atoms with Gasteiger partial charge in [0.05, 0.1) is 11.4 Å². The van der Waals surface area contributed by atoms with E-state index in [4.69, 9.17) is 4.74 Å². The molecule has 2 amide bonds. The number of nitrogens with one attached hydrogen (secondary N) is 1.